The van der Waals surface area contributed by atoms with Gasteiger partial charge in [-0.15, -0.1) is 11.3 Å². The van der Waals surface area contributed by atoms with E-state index in [1.54, 1.807) is 11.3 Å². The Balaban J connectivity index is 1.59. The van der Waals surface area contributed by atoms with Crippen LogP contribution in [0.25, 0.3) is 0 Å². The van der Waals surface area contributed by atoms with Crippen molar-refractivity contribution in [3.8, 4) is 0 Å². The zero-order valence-corrected chi connectivity index (χ0v) is 15.4. The smallest absolute Gasteiger partial charge is 0.244 e. The summed E-state index contributed by atoms with van der Waals surface area (Å²) in [7, 11) is 0. The van der Waals surface area contributed by atoms with Crippen molar-refractivity contribution >= 4 is 23.0 Å². The Morgan fingerprint density at radius 3 is 2.15 bits per heavy atom. The molecule has 0 spiro atoms. The summed E-state index contributed by atoms with van der Waals surface area (Å²) in [5.41, 5.74) is 5.73. The van der Waals surface area contributed by atoms with Gasteiger partial charge in [0.25, 0.3) is 0 Å². The van der Waals surface area contributed by atoms with E-state index >= 15 is 0 Å². The van der Waals surface area contributed by atoms with Crippen LogP contribution in [0.15, 0.2) is 83.3 Å². The molecule has 3 aromatic rings. The van der Waals surface area contributed by atoms with Crippen molar-refractivity contribution in [1.82, 2.24) is 5.43 Å². The highest BCUT2D eigenvalue weighted by molar-refractivity contribution is 7.12. The summed E-state index contributed by atoms with van der Waals surface area (Å²) in [5.74, 6) is -0.124. The highest BCUT2D eigenvalue weighted by Crippen LogP contribution is 2.58. The number of benzene rings is 2. The van der Waals surface area contributed by atoms with Crippen molar-refractivity contribution in [3.63, 3.8) is 0 Å². The second-order valence-corrected chi connectivity index (χ2v) is 7.56. The second-order valence-electron chi connectivity index (χ2n) is 6.61. The van der Waals surface area contributed by atoms with Crippen molar-refractivity contribution in [2.45, 2.75) is 18.8 Å². The van der Waals surface area contributed by atoms with E-state index in [4.69, 9.17) is 0 Å². The Bertz CT molecular complexity index is 878. The fourth-order valence-corrected chi connectivity index (χ4v) is 4.29. The molecule has 2 aromatic carbocycles. The van der Waals surface area contributed by atoms with Crippen molar-refractivity contribution in [2.24, 2.45) is 11.0 Å². The molecule has 3 nitrogen and oxygen atoms in total. The quantitative estimate of drug-likeness (QED) is 0.524. The summed E-state index contributed by atoms with van der Waals surface area (Å²) in [6, 6.07) is 24.6. The van der Waals surface area contributed by atoms with Crippen molar-refractivity contribution in [3.05, 3.63) is 94.2 Å². The number of amides is 1. The van der Waals surface area contributed by atoms with E-state index in [1.807, 2.05) is 60.8 Å². The third kappa shape index (κ3) is 2.97. The average Bonchev–Trinajstić information content (AvgIpc) is 3.23. The summed E-state index contributed by atoms with van der Waals surface area (Å²) >= 11 is 1.62. The number of nitrogens with zero attached hydrogens (tertiary/aromatic N) is 1. The Kier molecular flexibility index (Phi) is 4.43. The van der Waals surface area contributed by atoms with Gasteiger partial charge < -0.3 is 0 Å². The van der Waals surface area contributed by atoms with Gasteiger partial charge in [-0.3, -0.25) is 4.79 Å². The first-order valence-electron chi connectivity index (χ1n) is 8.71. The van der Waals surface area contributed by atoms with Gasteiger partial charge in [0.05, 0.1) is 11.6 Å². The monoisotopic (exact) mass is 360 g/mol. The van der Waals surface area contributed by atoms with E-state index in [0.29, 0.717) is 0 Å². The van der Waals surface area contributed by atoms with Crippen LogP contribution < -0.4 is 5.43 Å². The van der Waals surface area contributed by atoms with Gasteiger partial charge in [-0.2, -0.15) is 5.10 Å². The maximum atomic E-state index is 12.8. The van der Waals surface area contributed by atoms with Crippen molar-refractivity contribution in [2.75, 3.05) is 0 Å². The number of rotatable bonds is 5. The Labute approximate surface area is 157 Å². The highest BCUT2D eigenvalue weighted by atomic mass is 32.1. The summed E-state index contributed by atoms with van der Waals surface area (Å²) in [4.78, 5) is 13.9. The summed E-state index contributed by atoms with van der Waals surface area (Å²) in [6.45, 7) is 1.92. The Morgan fingerprint density at radius 2 is 1.62 bits per heavy atom. The molecular formula is C22H20N2OS. The topological polar surface area (TPSA) is 41.5 Å². The zero-order valence-electron chi connectivity index (χ0n) is 14.6. The number of thiophene rings is 1. The third-order valence-electron chi connectivity index (χ3n) is 5.07. The zero-order chi connectivity index (χ0) is 18.0. The van der Waals surface area contributed by atoms with E-state index in [-0.39, 0.29) is 17.2 Å². The van der Waals surface area contributed by atoms with Crippen LogP contribution in [0.4, 0.5) is 0 Å². The number of hydrazone groups is 1. The molecule has 0 radical (unpaired) electrons. The first-order chi connectivity index (χ1) is 12.7. The SMILES string of the molecule is C/C(=N/NC(=O)C1CC1(c1ccccc1)c1ccccc1)c1cccs1. The first-order valence-corrected chi connectivity index (χ1v) is 9.59. The number of hydrogen-bond acceptors (Lipinski definition) is 3. The van der Waals surface area contributed by atoms with Crippen LogP contribution in [0, 0.1) is 5.92 Å². The van der Waals surface area contributed by atoms with Gasteiger partial charge >= 0.3 is 0 Å². The minimum Gasteiger partial charge on any atom is -0.273 e. The van der Waals surface area contributed by atoms with Gasteiger partial charge in [-0.1, -0.05) is 66.7 Å². The lowest BCUT2D eigenvalue weighted by Crippen LogP contribution is -2.26. The fourth-order valence-electron chi connectivity index (χ4n) is 3.61. The summed E-state index contributed by atoms with van der Waals surface area (Å²) < 4.78 is 0. The number of carbonyl (C=O) groups is 1. The molecule has 0 saturated heterocycles. The minimum atomic E-state index is -0.251. The normalized spacial score (nSPS) is 18.3. The van der Waals surface area contributed by atoms with Crippen LogP contribution >= 0.6 is 11.3 Å². The molecule has 26 heavy (non-hydrogen) atoms. The lowest BCUT2D eigenvalue weighted by atomic mass is 9.85. The number of nitrogens with one attached hydrogen (secondary N) is 1. The molecule has 130 valence electrons. The molecular weight excluding hydrogens is 340 g/mol. The molecule has 4 rings (SSSR count). The van der Waals surface area contributed by atoms with Crippen LogP contribution in [0.1, 0.15) is 29.3 Å². The molecule has 0 bridgehead atoms. The predicted molar refractivity (Wildman–Crippen MR) is 106 cm³/mol. The first kappa shape index (κ1) is 16.7. The van der Waals surface area contributed by atoms with E-state index in [2.05, 4.69) is 34.8 Å². The van der Waals surface area contributed by atoms with Crippen LogP contribution in [-0.2, 0) is 10.2 Å². The van der Waals surface area contributed by atoms with Gasteiger partial charge in [-0.05, 0) is 35.9 Å². The number of carbonyl (C=O) groups excluding carboxylic acids is 1. The van der Waals surface area contributed by atoms with Gasteiger partial charge in [0.1, 0.15) is 0 Å². The number of hydrogen-bond donors (Lipinski definition) is 1. The minimum absolute atomic E-state index is 0.0198. The van der Waals surface area contributed by atoms with Crippen molar-refractivity contribution in [1.29, 1.82) is 0 Å². The summed E-state index contributed by atoms with van der Waals surface area (Å²) in [5, 5.41) is 6.32. The fraction of sp³-hybridized carbons (Fsp3) is 0.182. The molecule has 1 atom stereocenters. The highest BCUT2D eigenvalue weighted by Gasteiger charge is 2.60. The second kappa shape index (κ2) is 6.89. The van der Waals surface area contributed by atoms with Crippen LogP contribution in [0.5, 0.6) is 0 Å². The van der Waals surface area contributed by atoms with Gasteiger partial charge in [0, 0.05) is 10.3 Å². The molecule has 1 unspecified atom stereocenters. The molecule has 1 aliphatic carbocycles. The molecule has 1 aromatic heterocycles. The van der Waals surface area contributed by atoms with E-state index in [0.717, 1.165) is 17.0 Å². The van der Waals surface area contributed by atoms with E-state index in [1.165, 1.54) is 11.1 Å². The molecule has 1 fully saturated rings. The van der Waals surface area contributed by atoms with Gasteiger partial charge in [-0.25, -0.2) is 5.43 Å². The molecule has 1 heterocycles. The lowest BCUT2D eigenvalue weighted by Gasteiger charge is -2.18. The lowest BCUT2D eigenvalue weighted by molar-refractivity contribution is -0.122. The maximum Gasteiger partial charge on any atom is 0.244 e. The summed E-state index contributed by atoms with van der Waals surface area (Å²) in [6.07, 6.45) is 0.806. The van der Waals surface area contributed by atoms with E-state index < -0.39 is 0 Å². The van der Waals surface area contributed by atoms with Crippen LogP contribution in [-0.4, -0.2) is 11.6 Å². The van der Waals surface area contributed by atoms with Gasteiger partial charge in [0.2, 0.25) is 5.91 Å². The third-order valence-corrected chi connectivity index (χ3v) is 6.05. The molecule has 0 aliphatic heterocycles. The molecule has 1 N–H and O–H groups in total. The van der Waals surface area contributed by atoms with Crippen molar-refractivity contribution < 1.29 is 4.79 Å². The standard InChI is InChI=1S/C22H20N2OS/c1-16(20-13-8-14-26-20)23-24-21(25)19-15-22(19,17-9-4-2-5-10-17)18-11-6-3-7-12-18/h2-14,19H,15H2,1H3,(H,24,25)/b23-16-. The molecule has 1 aliphatic rings. The molecule has 1 saturated carbocycles. The maximum absolute atomic E-state index is 12.8. The molecule has 1 amide bonds. The van der Waals surface area contributed by atoms with E-state index in [9.17, 15) is 4.79 Å². The average molecular weight is 360 g/mol. The van der Waals surface area contributed by atoms with Crippen LogP contribution in [0.3, 0.4) is 0 Å². The Morgan fingerprint density at radius 1 is 1.00 bits per heavy atom. The molecule has 4 heteroatoms. The van der Waals surface area contributed by atoms with Gasteiger partial charge in [0.15, 0.2) is 0 Å². The largest absolute Gasteiger partial charge is 0.273 e. The van der Waals surface area contributed by atoms with Crippen LogP contribution in [0.2, 0.25) is 0 Å². The Hall–Kier alpha value is -2.72. The predicted octanol–water partition coefficient (Wildman–Crippen LogP) is 4.59.